The van der Waals surface area contributed by atoms with Crippen LogP contribution in [0.15, 0.2) is 158 Å². The monoisotopic (exact) mass is 724 g/mol. The molecule has 0 aliphatic carbocycles. The van der Waals surface area contributed by atoms with E-state index < -0.39 is 11.8 Å². The zero-order valence-electron chi connectivity index (χ0n) is 30.7. The molecule has 0 aliphatic heterocycles. The lowest BCUT2D eigenvalue weighted by Gasteiger charge is -2.34. The average molecular weight is 725 g/mol. The van der Waals surface area contributed by atoms with Crippen molar-refractivity contribution in [1.82, 2.24) is 30.2 Å². The molecule has 0 saturated carbocycles. The standard InChI is InChI=1S/C46H40N6O3/c1-3-37-30-41(44-40(47-37)28-29-42(48-44)55-43(53)4-2)54-31-32-24-26-33(27-25-32)38-22-14-15-23-39(38)45-49-51-52(50-45)46(34-16-8-5-9-17-34,35-18-10-6-11-19-35)36-20-12-7-13-21-36/h5-30,43,53H,3-4,31H2,1-2H3. The summed E-state index contributed by atoms with van der Waals surface area (Å²) < 4.78 is 11.9. The van der Waals surface area contributed by atoms with Crippen LogP contribution in [-0.4, -0.2) is 41.6 Å². The summed E-state index contributed by atoms with van der Waals surface area (Å²) in [5.74, 6) is 1.45. The van der Waals surface area contributed by atoms with E-state index in [1.165, 1.54) is 0 Å². The highest BCUT2D eigenvalue weighted by atomic mass is 16.6. The van der Waals surface area contributed by atoms with E-state index in [0.29, 0.717) is 41.5 Å². The number of fused-ring (bicyclic) bond motifs is 1. The van der Waals surface area contributed by atoms with E-state index in [9.17, 15) is 5.11 Å². The Kier molecular flexibility index (Phi) is 10.1. The Labute approximate surface area is 319 Å². The number of ether oxygens (including phenoxy) is 2. The SMILES string of the molecule is CCc1cc(OCc2ccc(-c3ccccc3-c3nnn(C(c4ccccc4)(c4ccccc4)c4ccccc4)n3)cc2)c2nc(OC(O)CC)ccc2n1. The van der Waals surface area contributed by atoms with Gasteiger partial charge in [0.1, 0.15) is 17.9 Å². The van der Waals surface area contributed by atoms with Crippen LogP contribution in [0.4, 0.5) is 0 Å². The van der Waals surface area contributed by atoms with Gasteiger partial charge in [-0.15, -0.1) is 15.0 Å². The van der Waals surface area contributed by atoms with Crippen molar-refractivity contribution in [2.75, 3.05) is 0 Å². The maximum Gasteiger partial charge on any atom is 0.216 e. The first-order valence-electron chi connectivity index (χ1n) is 18.5. The number of aromatic nitrogens is 6. The van der Waals surface area contributed by atoms with E-state index >= 15 is 0 Å². The van der Waals surface area contributed by atoms with Gasteiger partial charge in [-0.2, -0.15) is 0 Å². The highest BCUT2D eigenvalue weighted by Crippen LogP contribution is 2.40. The average Bonchev–Trinajstić information content (AvgIpc) is 3.75. The highest BCUT2D eigenvalue weighted by molar-refractivity contribution is 5.82. The first-order chi connectivity index (χ1) is 27.1. The number of aryl methyl sites for hydroxylation is 1. The fourth-order valence-corrected chi connectivity index (χ4v) is 6.91. The van der Waals surface area contributed by atoms with Crippen LogP contribution in [0.3, 0.4) is 0 Å². The minimum absolute atomic E-state index is 0.321. The second kappa shape index (κ2) is 15.7. The van der Waals surface area contributed by atoms with Gasteiger partial charge in [-0.1, -0.05) is 153 Å². The van der Waals surface area contributed by atoms with Crippen molar-refractivity contribution in [2.24, 2.45) is 0 Å². The van der Waals surface area contributed by atoms with E-state index in [0.717, 1.165) is 51.1 Å². The van der Waals surface area contributed by atoms with Crippen LogP contribution in [-0.2, 0) is 18.6 Å². The van der Waals surface area contributed by atoms with E-state index in [2.05, 4.69) is 78.6 Å². The fourth-order valence-electron chi connectivity index (χ4n) is 6.91. The van der Waals surface area contributed by atoms with Gasteiger partial charge in [-0.25, -0.2) is 4.98 Å². The molecule has 0 fully saturated rings. The van der Waals surface area contributed by atoms with Crippen LogP contribution < -0.4 is 9.47 Å². The molecule has 3 aromatic heterocycles. The molecule has 8 aromatic rings. The summed E-state index contributed by atoms with van der Waals surface area (Å²) >= 11 is 0. The Morgan fingerprint density at radius 2 is 1.27 bits per heavy atom. The number of tetrazole rings is 1. The van der Waals surface area contributed by atoms with E-state index in [1.807, 2.05) is 91.9 Å². The van der Waals surface area contributed by atoms with Crippen molar-refractivity contribution in [3.63, 3.8) is 0 Å². The molecule has 55 heavy (non-hydrogen) atoms. The van der Waals surface area contributed by atoms with E-state index in [1.54, 1.807) is 10.9 Å². The Morgan fingerprint density at radius 1 is 0.673 bits per heavy atom. The summed E-state index contributed by atoms with van der Waals surface area (Å²) in [6.45, 7) is 4.22. The molecule has 8 rings (SSSR count). The predicted octanol–water partition coefficient (Wildman–Crippen LogP) is 9.04. The number of hydrogen-bond donors (Lipinski definition) is 1. The van der Waals surface area contributed by atoms with Gasteiger partial charge in [0.25, 0.3) is 0 Å². The summed E-state index contributed by atoms with van der Waals surface area (Å²) in [5.41, 5.74) is 8.23. The largest absolute Gasteiger partial charge is 0.486 e. The number of aliphatic hydroxyl groups is 1. The van der Waals surface area contributed by atoms with Gasteiger partial charge in [0.2, 0.25) is 11.7 Å². The third kappa shape index (κ3) is 7.05. The summed E-state index contributed by atoms with van der Waals surface area (Å²) in [5, 5.41) is 24.6. The number of nitrogens with zero attached hydrogens (tertiary/aromatic N) is 6. The molecule has 1 N–H and O–H groups in total. The Hall–Kier alpha value is -6.71. The molecule has 0 amide bonds. The van der Waals surface area contributed by atoms with Crippen molar-refractivity contribution in [3.05, 3.63) is 186 Å². The third-order valence-corrected chi connectivity index (χ3v) is 9.73. The van der Waals surface area contributed by atoms with Gasteiger partial charge in [-0.3, -0.25) is 4.98 Å². The lowest BCUT2D eigenvalue weighted by Crippen LogP contribution is -2.39. The van der Waals surface area contributed by atoms with Gasteiger partial charge in [0.15, 0.2) is 11.8 Å². The molecular weight excluding hydrogens is 685 g/mol. The number of benzene rings is 5. The number of pyridine rings is 2. The maximum atomic E-state index is 10.0. The molecule has 5 aromatic carbocycles. The molecule has 0 radical (unpaired) electrons. The minimum Gasteiger partial charge on any atom is -0.486 e. The minimum atomic E-state index is -0.935. The zero-order valence-corrected chi connectivity index (χ0v) is 30.7. The second-order valence-electron chi connectivity index (χ2n) is 13.2. The van der Waals surface area contributed by atoms with Crippen molar-refractivity contribution >= 4 is 11.0 Å². The van der Waals surface area contributed by atoms with Crippen LogP contribution >= 0.6 is 0 Å². The van der Waals surface area contributed by atoms with Crippen molar-refractivity contribution in [3.8, 4) is 34.1 Å². The van der Waals surface area contributed by atoms with Gasteiger partial charge >= 0.3 is 0 Å². The molecular formula is C46H40N6O3. The van der Waals surface area contributed by atoms with Gasteiger partial charge in [0, 0.05) is 29.8 Å². The molecule has 9 nitrogen and oxygen atoms in total. The molecule has 1 unspecified atom stereocenters. The lowest BCUT2D eigenvalue weighted by atomic mass is 9.77. The van der Waals surface area contributed by atoms with Gasteiger partial charge in [0.05, 0.1) is 5.52 Å². The smallest absolute Gasteiger partial charge is 0.216 e. The molecule has 272 valence electrons. The molecule has 0 bridgehead atoms. The van der Waals surface area contributed by atoms with Crippen LogP contribution in [0, 0.1) is 0 Å². The summed E-state index contributed by atoms with van der Waals surface area (Å²) in [7, 11) is 0. The third-order valence-electron chi connectivity index (χ3n) is 9.73. The lowest BCUT2D eigenvalue weighted by molar-refractivity contribution is -0.0220. The summed E-state index contributed by atoms with van der Waals surface area (Å²) in [4.78, 5) is 11.1. The van der Waals surface area contributed by atoms with E-state index in [-0.39, 0.29) is 0 Å². The molecule has 0 spiro atoms. The quantitative estimate of drug-likeness (QED) is 0.0928. The normalized spacial score (nSPS) is 12.1. The Bertz CT molecular complexity index is 2410. The van der Waals surface area contributed by atoms with Crippen molar-refractivity contribution < 1.29 is 14.6 Å². The van der Waals surface area contributed by atoms with Gasteiger partial charge < -0.3 is 14.6 Å². The second-order valence-corrected chi connectivity index (χ2v) is 13.2. The van der Waals surface area contributed by atoms with Crippen LogP contribution in [0.5, 0.6) is 11.6 Å². The first kappa shape index (κ1) is 35.3. The summed E-state index contributed by atoms with van der Waals surface area (Å²) in [6, 6.07) is 52.9. The topological polar surface area (TPSA) is 108 Å². The van der Waals surface area contributed by atoms with Gasteiger partial charge in [-0.05, 0) is 51.1 Å². The molecule has 9 heteroatoms. The molecule has 1 atom stereocenters. The van der Waals surface area contributed by atoms with Crippen LogP contribution in [0.1, 0.15) is 48.2 Å². The maximum absolute atomic E-state index is 10.0. The molecule has 3 heterocycles. The molecule has 0 aliphatic rings. The Morgan fingerprint density at radius 3 is 1.87 bits per heavy atom. The summed E-state index contributed by atoms with van der Waals surface area (Å²) in [6.07, 6.45) is 0.265. The Balaban J connectivity index is 1.11. The number of aliphatic hydroxyl groups excluding tert-OH is 1. The van der Waals surface area contributed by atoms with Crippen LogP contribution in [0.2, 0.25) is 0 Å². The van der Waals surface area contributed by atoms with E-state index in [4.69, 9.17) is 29.9 Å². The highest BCUT2D eigenvalue weighted by Gasteiger charge is 2.41. The first-order valence-corrected chi connectivity index (χ1v) is 18.5. The fraction of sp³-hybridized carbons (Fsp3) is 0.152. The predicted molar refractivity (Wildman–Crippen MR) is 213 cm³/mol. The zero-order chi connectivity index (χ0) is 37.6. The number of rotatable bonds is 13. The van der Waals surface area contributed by atoms with Crippen molar-refractivity contribution in [1.29, 1.82) is 0 Å². The molecule has 0 saturated heterocycles. The van der Waals surface area contributed by atoms with Crippen molar-refractivity contribution in [2.45, 2.75) is 45.1 Å². The van der Waals surface area contributed by atoms with Crippen LogP contribution in [0.25, 0.3) is 33.5 Å². The number of hydrogen-bond acceptors (Lipinski definition) is 8.